The van der Waals surface area contributed by atoms with Crippen molar-refractivity contribution in [2.24, 2.45) is 0 Å². The molecule has 1 heterocycles. The van der Waals surface area contributed by atoms with Gasteiger partial charge < -0.3 is 14.4 Å². The first-order chi connectivity index (χ1) is 11.0. The van der Waals surface area contributed by atoms with Gasteiger partial charge in [-0.15, -0.1) is 0 Å². The third kappa shape index (κ3) is 3.41. The molecule has 8 nitrogen and oxygen atoms in total. The first-order valence-electron chi connectivity index (χ1n) is 7.20. The molecular weight excluding hydrogens is 304 g/mol. The quantitative estimate of drug-likeness (QED) is 0.476. The number of piperidine rings is 1. The van der Waals surface area contributed by atoms with Crippen LogP contribution >= 0.6 is 0 Å². The number of hydrogen-bond donors (Lipinski definition) is 0. The van der Waals surface area contributed by atoms with E-state index >= 15 is 0 Å². The number of methoxy groups -OCH3 is 2. The van der Waals surface area contributed by atoms with E-state index in [1.165, 1.54) is 37.3 Å². The van der Waals surface area contributed by atoms with Crippen molar-refractivity contribution in [2.45, 2.75) is 25.3 Å². The minimum absolute atomic E-state index is 0.0784. The highest BCUT2D eigenvalue weighted by Gasteiger charge is 2.34. The van der Waals surface area contributed by atoms with Gasteiger partial charge in [0.05, 0.1) is 19.1 Å². The number of rotatable bonds is 4. The van der Waals surface area contributed by atoms with Gasteiger partial charge in [0.2, 0.25) is 0 Å². The van der Waals surface area contributed by atoms with Gasteiger partial charge >= 0.3 is 11.7 Å². The highest BCUT2D eigenvalue weighted by molar-refractivity contribution is 5.97. The number of carbonyl (C=O) groups excluding carboxylic acids is 2. The van der Waals surface area contributed by atoms with Gasteiger partial charge in [0.1, 0.15) is 6.04 Å². The molecule has 124 valence electrons. The third-order valence-corrected chi connectivity index (χ3v) is 3.86. The summed E-state index contributed by atoms with van der Waals surface area (Å²) < 4.78 is 9.67. The lowest BCUT2D eigenvalue weighted by Crippen LogP contribution is -2.48. The molecule has 0 radical (unpaired) electrons. The lowest BCUT2D eigenvalue weighted by Gasteiger charge is -2.33. The van der Waals surface area contributed by atoms with Gasteiger partial charge in [0.15, 0.2) is 5.75 Å². The smallest absolute Gasteiger partial charge is 0.328 e. The third-order valence-electron chi connectivity index (χ3n) is 3.86. The lowest BCUT2D eigenvalue weighted by atomic mass is 10.0. The molecule has 1 saturated heterocycles. The number of likely N-dealkylation sites (tertiary alicyclic amines) is 1. The van der Waals surface area contributed by atoms with Crippen molar-refractivity contribution in [3.63, 3.8) is 0 Å². The summed E-state index contributed by atoms with van der Waals surface area (Å²) in [7, 11) is 2.60. The number of amides is 1. The van der Waals surface area contributed by atoms with E-state index in [0.29, 0.717) is 13.0 Å². The molecule has 0 unspecified atom stereocenters. The van der Waals surface area contributed by atoms with Gasteiger partial charge in [0.25, 0.3) is 5.91 Å². The van der Waals surface area contributed by atoms with Crippen LogP contribution in [-0.2, 0) is 9.53 Å². The van der Waals surface area contributed by atoms with Crippen LogP contribution < -0.4 is 4.74 Å². The Labute approximate surface area is 133 Å². The number of nitrogens with zero attached hydrogens (tertiary/aromatic N) is 2. The summed E-state index contributed by atoms with van der Waals surface area (Å²) in [5.74, 6) is -0.818. The Morgan fingerprint density at radius 1 is 1.30 bits per heavy atom. The molecule has 2 rings (SSSR count). The van der Waals surface area contributed by atoms with Gasteiger partial charge in [-0.3, -0.25) is 14.9 Å². The molecule has 0 aliphatic carbocycles. The molecule has 0 saturated carbocycles. The highest BCUT2D eigenvalue weighted by Crippen LogP contribution is 2.29. The van der Waals surface area contributed by atoms with E-state index in [1.807, 2.05) is 0 Å². The zero-order valence-electron chi connectivity index (χ0n) is 13.0. The van der Waals surface area contributed by atoms with Crippen LogP contribution in [0.5, 0.6) is 5.75 Å². The highest BCUT2D eigenvalue weighted by atomic mass is 16.6. The van der Waals surface area contributed by atoms with Gasteiger partial charge in [0, 0.05) is 18.2 Å². The van der Waals surface area contributed by atoms with Crippen LogP contribution in [-0.4, -0.2) is 48.5 Å². The number of ether oxygens (including phenoxy) is 2. The van der Waals surface area contributed by atoms with E-state index < -0.39 is 22.8 Å². The van der Waals surface area contributed by atoms with Crippen LogP contribution in [0.3, 0.4) is 0 Å². The maximum absolute atomic E-state index is 12.7. The van der Waals surface area contributed by atoms with Crippen molar-refractivity contribution in [1.82, 2.24) is 4.90 Å². The van der Waals surface area contributed by atoms with Gasteiger partial charge in [-0.05, 0) is 31.4 Å². The summed E-state index contributed by atoms with van der Waals surface area (Å²) in [4.78, 5) is 36.4. The molecule has 1 fully saturated rings. The van der Waals surface area contributed by atoms with E-state index in [4.69, 9.17) is 9.47 Å². The Hall–Kier alpha value is -2.64. The van der Waals surface area contributed by atoms with Crippen molar-refractivity contribution in [2.75, 3.05) is 20.8 Å². The fourth-order valence-corrected chi connectivity index (χ4v) is 2.69. The molecule has 23 heavy (non-hydrogen) atoms. The largest absolute Gasteiger partial charge is 0.490 e. The summed E-state index contributed by atoms with van der Waals surface area (Å²) in [5, 5.41) is 11.1. The fraction of sp³-hybridized carbons (Fsp3) is 0.467. The fourth-order valence-electron chi connectivity index (χ4n) is 2.69. The monoisotopic (exact) mass is 322 g/mol. The summed E-state index contributed by atoms with van der Waals surface area (Å²) in [6.45, 7) is 0.415. The number of nitro benzene ring substituents is 1. The standard InChI is InChI=1S/C15H18N2O6/c1-22-13-7-6-10(9-12(13)17(20)21)14(18)16-8-4-3-5-11(16)15(19)23-2/h6-7,9,11H,3-5,8H2,1-2H3/t11-/m1/s1. The summed E-state index contributed by atoms with van der Waals surface area (Å²) in [6.07, 6.45) is 2.13. The molecule has 1 aromatic carbocycles. The topological polar surface area (TPSA) is 99.0 Å². The van der Waals surface area contributed by atoms with Gasteiger partial charge in [-0.25, -0.2) is 4.79 Å². The molecule has 0 N–H and O–H groups in total. The summed E-state index contributed by atoms with van der Waals surface area (Å²) in [5.41, 5.74) is -0.140. The minimum Gasteiger partial charge on any atom is -0.490 e. The van der Waals surface area contributed by atoms with Gasteiger partial charge in [-0.1, -0.05) is 0 Å². The van der Waals surface area contributed by atoms with Crippen molar-refractivity contribution in [1.29, 1.82) is 0 Å². The van der Waals surface area contributed by atoms with E-state index in [1.54, 1.807) is 0 Å². The number of esters is 1. The average Bonchev–Trinajstić information content (AvgIpc) is 2.59. The van der Waals surface area contributed by atoms with E-state index in [9.17, 15) is 19.7 Å². The minimum atomic E-state index is -0.651. The van der Waals surface area contributed by atoms with Crippen LogP contribution in [0, 0.1) is 10.1 Å². The number of benzene rings is 1. The molecule has 1 aromatic rings. The molecule has 0 spiro atoms. The molecule has 8 heteroatoms. The Balaban J connectivity index is 2.33. The molecule has 1 aliphatic rings. The molecule has 1 atom stereocenters. The van der Waals surface area contributed by atoms with Crippen molar-refractivity contribution >= 4 is 17.6 Å². The molecule has 1 aliphatic heterocycles. The van der Waals surface area contributed by atoms with Crippen LogP contribution in [0.4, 0.5) is 5.69 Å². The second-order valence-corrected chi connectivity index (χ2v) is 5.18. The molecule has 0 aromatic heterocycles. The Kier molecular flexibility index (Phi) is 5.15. The number of nitro groups is 1. The second-order valence-electron chi connectivity index (χ2n) is 5.18. The summed E-state index contributed by atoms with van der Waals surface area (Å²) in [6, 6.07) is 3.35. The Morgan fingerprint density at radius 2 is 2.04 bits per heavy atom. The van der Waals surface area contributed by atoms with Crippen LogP contribution in [0.25, 0.3) is 0 Å². The van der Waals surface area contributed by atoms with E-state index in [-0.39, 0.29) is 17.0 Å². The zero-order valence-corrected chi connectivity index (χ0v) is 13.0. The average molecular weight is 322 g/mol. The van der Waals surface area contributed by atoms with Crippen LogP contribution in [0.1, 0.15) is 29.6 Å². The maximum Gasteiger partial charge on any atom is 0.328 e. The van der Waals surface area contributed by atoms with Crippen molar-refractivity contribution in [3.8, 4) is 5.75 Å². The van der Waals surface area contributed by atoms with E-state index in [0.717, 1.165) is 12.8 Å². The second kappa shape index (κ2) is 7.08. The van der Waals surface area contributed by atoms with Gasteiger partial charge in [-0.2, -0.15) is 0 Å². The number of carbonyl (C=O) groups is 2. The SMILES string of the molecule is COC(=O)[C@H]1CCCCN1C(=O)c1ccc(OC)c([N+](=O)[O-])c1. The Bertz CT molecular complexity index is 630. The first-order valence-corrected chi connectivity index (χ1v) is 7.20. The predicted molar refractivity (Wildman–Crippen MR) is 80.3 cm³/mol. The predicted octanol–water partition coefficient (Wildman–Crippen LogP) is 1.77. The molecular formula is C15H18N2O6. The van der Waals surface area contributed by atoms with Crippen molar-refractivity contribution < 1.29 is 24.0 Å². The normalized spacial score (nSPS) is 17.5. The lowest BCUT2D eigenvalue weighted by molar-refractivity contribution is -0.385. The molecule has 1 amide bonds. The summed E-state index contributed by atoms with van der Waals surface area (Å²) >= 11 is 0. The zero-order chi connectivity index (χ0) is 17.0. The number of hydrogen-bond acceptors (Lipinski definition) is 6. The first kappa shape index (κ1) is 16.7. The molecule has 0 bridgehead atoms. The van der Waals surface area contributed by atoms with E-state index in [2.05, 4.69) is 0 Å². The van der Waals surface area contributed by atoms with Crippen molar-refractivity contribution in [3.05, 3.63) is 33.9 Å². The van der Waals surface area contributed by atoms with Crippen LogP contribution in [0.2, 0.25) is 0 Å². The Morgan fingerprint density at radius 3 is 2.65 bits per heavy atom. The maximum atomic E-state index is 12.7. The van der Waals surface area contributed by atoms with Crippen LogP contribution in [0.15, 0.2) is 18.2 Å².